The quantitative estimate of drug-likeness (QED) is 0.391. The molecule has 0 spiro atoms. The van der Waals surface area contributed by atoms with E-state index in [9.17, 15) is 0 Å². The molecule has 0 amide bonds. The fraction of sp³-hybridized carbons (Fsp3) is 0.412. The summed E-state index contributed by atoms with van der Waals surface area (Å²) in [6.45, 7) is 6.74. The first-order valence-electron chi connectivity index (χ1n) is 6.81. The van der Waals surface area contributed by atoms with Crippen LogP contribution in [-0.4, -0.2) is 5.88 Å². The summed E-state index contributed by atoms with van der Waals surface area (Å²) in [5.74, 6) is 1.66. The smallest absolute Gasteiger partial charge is 0.0404 e. The maximum Gasteiger partial charge on any atom is 0.0404 e. The van der Waals surface area contributed by atoms with E-state index in [1.807, 2.05) is 6.08 Å². The van der Waals surface area contributed by atoms with Crippen LogP contribution in [0.1, 0.15) is 38.7 Å². The molecule has 0 saturated carbocycles. The van der Waals surface area contributed by atoms with Crippen LogP contribution in [0.15, 0.2) is 48.1 Å². The molecule has 0 saturated heterocycles. The second-order valence-corrected chi connectivity index (χ2v) is 5.91. The van der Waals surface area contributed by atoms with Gasteiger partial charge in [-0.1, -0.05) is 61.9 Å². The third kappa shape index (κ3) is 5.13. The minimum atomic E-state index is 0.529. The Hall–Kier alpha value is -0.580. The van der Waals surface area contributed by atoms with Crippen molar-refractivity contribution in [2.45, 2.75) is 33.1 Å². The number of rotatable bonds is 6. The summed E-state index contributed by atoms with van der Waals surface area (Å²) in [5.41, 5.74) is 2.88. The number of hydrogen-bond acceptors (Lipinski definition) is 0. The number of benzene rings is 1. The molecule has 0 N–H and O–H groups in total. The summed E-state index contributed by atoms with van der Waals surface area (Å²) in [7, 11) is 2.73. The molecule has 0 bridgehead atoms. The van der Waals surface area contributed by atoms with Gasteiger partial charge in [-0.05, 0) is 36.0 Å². The van der Waals surface area contributed by atoms with E-state index in [1.165, 1.54) is 16.4 Å². The molecule has 0 heterocycles. The van der Waals surface area contributed by atoms with Crippen LogP contribution in [0.2, 0.25) is 0 Å². The van der Waals surface area contributed by atoms with Gasteiger partial charge in [0.2, 0.25) is 0 Å². The van der Waals surface area contributed by atoms with Crippen molar-refractivity contribution in [3.8, 4) is 0 Å². The molecule has 0 fully saturated rings. The topological polar surface area (TPSA) is 0 Å². The van der Waals surface area contributed by atoms with Crippen molar-refractivity contribution in [3.05, 3.63) is 53.6 Å². The molecule has 0 radical (unpaired) electrons. The largest absolute Gasteiger partial charge is 0.122 e. The van der Waals surface area contributed by atoms with E-state index in [1.54, 1.807) is 0 Å². The van der Waals surface area contributed by atoms with E-state index in [4.69, 9.17) is 11.6 Å². The maximum atomic E-state index is 5.67. The van der Waals surface area contributed by atoms with Gasteiger partial charge in [0.05, 0.1) is 0 Å². The first-order chi connectivity index (χ1) is 9.10. The van der Waals surface area contributed by atoms with Crippen LogP contribution in [0.3, 0.4) is 0 Å². The molecular formula is C17H24ClP. The Morgan fingerprint density at radius 3 is 2.37 bits per heavy atom. The standard InChI is InChI=1S/C17H24ClP/c1-4-15(7-5-6-12-18)13(2)14(3)16-8-10-17(19)11-9-16/h4-6,8-11,13-14H,7,12,19H2,1-3H3/b6-5-,15-4+. The lowest BCUT2D eigenvalue weighted by atomic mass is 9.82. The van der Waals surface area contributed by atoms with Crippen LogP contribution < -0.4 is 5.30 Å². The van der Waals surface area contributed by atoms with Crippen LogP contribution in [0.4, 0.5) is 0 Å². The summed E-state index contributed by atoms with van der Waals surface area (Å²) in [6, 6.07) is 8.77. The van der Waals surface area contributed by atoms with Crippen LogP contribution in [-0.2, 0) is 0 Å². The van der Waals surface area contributed by atoms with Gasteiger partial charge in [-0.3, -0.25) is 0 Å². The second-order valence-electron chi connectivity index (χ2n) is 4.94. The number of halogens is 1. The monoisotopic (exact) mass is 294 g/mol. The molecule has 104 valence electrons. The highest BCUT2D eigenvalue weighted by Crippen LogP contribution is 2.31. The van der Waals surface area contributed by atoms with Gasteiger partial charge < -0.3 is 0 Å². The molecule has 3 atom stereocenters. The molecule has 0 nitrogen and oxygen atoms in total. The first-order valence-corrected chi connectivity index (χ1v) is 7.92. The average molecular weight is 295 g/mol. The predicted octanol–water partition coefficient (Wildman–Crippen LogP) is 5.06. The van der Waals surface area contributed by atoms with E-state index in [-0.39, 0.29) is 0 Å². The highest BCUT2D eigenvalue weighted by molar-refractivity contribution is 7.27. The molecule has 0 aliphatic heterocycles. The molecule has 1 rings (SSSR count). The number of allylic oxidation sites excluding steroid dienone is 4. The summed E-state index contributed by atoms with van der Waals surface area (Å²) in [5, 5.41) is 1.24. The minimum Gasteiger partial charge on any atom is -0.122 e. The molecule has 0 aromatic heterocycles. The molecule has 2 heteroatoms. The zero-order chi connectivity index (χ0) is 14.3. The van der Waals surface area contributed by atoms with Crippen molar-refractivity contribution in [2.24, 2.45) is 5.92 Å². The second kappa shape index (κ2) is 8.56. The van der Waals surface area contributed by atoms with Crippen molar-refractivity contribution in [3.63, 3.8) is 0 Å². The Bertz CT molecular complexity index is 431. The zero-order valence-electron chi connectivity index (χ0n) is 12.1. The van der Waals surface area contributed by atoms with Crippen molar-refractivity contribution < 1.29 is 0 Å². The van der Waals surface area contributed by atoms with Gasteiger partial charge in [-0.15, -0.1) is 20.8 Å². The molecule has 3 unspecified atom stereocenters. The van der Waals surface area contributed by atoms with E-state index in [2.05, 4.69) is 66.4 Å². The van der Waals surface area contributed by atoms with Gasteiger partial charge in [0, 0.05) is 5.88 Å². The Balaban J connectivity index is 2.76. The lowest BCUT2D eigenvalue weighted by Crippen LogP contribution is -2.09. The fourth-order valence-electron chi connectivity index (χ4n) is 2.26. The third-order valence-electron chi connectivity index (χ3n) is 3.78. The average Bonchev–Trinajstić information content (AvgIpc) is 2.43. The highest BCUT2D eigenvalue weighted by atomic mass is 35.5. The molecule has 0 aliphatic carbocycles. The molecule has 1 aromatic rings. The molecule has 19 heavy (non-hydrogen) atoms. The van der Waals surface area contributed by atoms with Crippen molar-refractivity contribution in [1.82, 2.24) is 0 Å². The lowest BCUT2D eigenvalue weighted by molar-refractivity contribution is 0.551. The number of hydrogen-bond donors (Lipinski definition) is 0. The summed E-state index contributed by atoms with van der Waals surface area (Å²) >= 11 is 5.67. The maximum absolute atomic E-state index is 5.67. The van der Waals surface area contributed by atoms with E-state index < -0.39 is 0 Å². The summed E-state index contributed by atoms with van der Waals surface area (Å²) in [6.07, 6.45) is 7.42. The van der Waals surface area contributed by atoms with Gasteiger partial charge in [-0.2, -0.15) is 0 Å². The summed E-state index contributed by atoms with van der Waals surface area (Å²) < 4.78 is 0. The number of alkyl halides is 1. The Morgan fingerprint density at radius 1 is 1.21 bits per heavy atom. The van der Waals surface area contributed by atoms with Gasteiger partial charge >= 0.3 is 0 Å². The van der Waals surface area contributed by atoms with Crippen LogP contribution in [0, 0.1) is 5.92 Å². The van der Waals surface area contributed by atoms with E-state index in [0.29, 0.717) is 17.7 Å². The van der Waals surface area contributed by atoms with Crippen molar-refractivity contribution in [1.29, 1.82) is 0 Å². The Labute approximate surface area is 125 Å². The van der Waals surface area contributed by atoms with Crippen molar-refractivity contribution >= 4 is 26.1 Å². The van der Waals surface area contributed by atoms with Gasteiger partial charge in [0.15, 0.2) is 0 Å². The van der Waals surface area contributed by atoms with Gasteiger partial charge in [0.1, 0.15) is 0 Å². The van der Waals surface area contributed by atoms with Crippen LogP contribution >= 0.6 is 20.8 Å². The minimum absolute atomic E-state index is 0.529. The highest BCUT2D eigenvalue weighted by Gasteiger charge is 2.17. The molecule has 0 aliphatic rings. The van der Waals surface area contributed by atoms with Gasteiger partial charge in [-0.25, -0.2) is 0 Å². The molecule has 1 aromatic carbocycles. The normalized spacial score (nSPS) is 15.7. The SMILES string of the molecule is C/C=C(\C/C=C\CCl)C(C)C(C)c1ccc(P)cc1. The van der Waals surface area contributed by atoms with E-state index >= 15 is 0 Å². The lowest BCUT2D eigenvalue weighted by Gasteiger charge is -2.23. The van der Waals surface area contributed by atoms with Crippen molar-refractivity contribution in [2.75, 3.05) is 5.88 Å². The Kier molecular flexibility index (Phi) is 7.42. The van der Waals surface area contributed by atoms with Gasteiger partial charge in [0.25, 0.3) is 0 Å². The predicted molar refractivity (Wildman–Crippen MR) is 91.6 cm³/mol. The first kappa shape index (κ1) is 16.5. The summed E-state index contributed by atoms with van der Waals surface area (Å²) in [4.78, 5) is 0. The van der Waals surface area contributed by atoms with Crippen LogP contribution in [0.25, 0.3) is 0 Å². The third-order valence-corrected chi connectivity index (χ3v) is 4.34. The van der Waals surface area contributed by atoms with E-state index in [0.717, 1.165) is 6.42 Å². The van der Waals surface area contributed by atoms with Crippen LogP contribution in [0.5, 0.6) is 0 Å². The fourth-order valence-corrected chi connectivity index (χ4v) is 2.58. The Morgan fingerprint density at radius 2 is 1.84 bits per heavy atom. The zero-order valence-corrected chi connectivity index (χ0v) is 14.0. The molecular weight excluding hydrogens is 271 g/mol.